The number of halogens is 3. The lowest BCUT2D eigenvalue weighted by Crippen LogP contribution is -2.04. The molecule has 3 aromatic heterocycles. The summed E-state index contributed by atoms with van der Waals surface area (Å²) in [4.78, 5) is 8.56. The van der Waals surface area contributed by atoms with E-state index in [1.165, 1.54) is 12.1 Å². The summed E-state index contributed by atoms with van der Waals surface area (Å²) in [6, 6.07) is 17.5. The molecule has 0 bridgehead atoms. The van der Waals surface area contributed by atoms with Gasteiger partial charge in [-0.05, 0) is 48.0 Å². The van der Waals surface area contributed by atoms with Gasteiger partial charge in [-0.2, -0.15) is 13.2 Å². The molecule has 0 atom stereocenters. The zero-order chi connectivity index (χ0) is 19.6. The van der Waals surface area contributed by atoms with Gasteiger partial charge in [-0.15, -0.1) is 10.2 Å². The average Bonchev–Trinajstić information content (AvgIpc) is 2.74. The molecule has 0 fully saturated rings. The van der Waals surface area contributed by atoms with Crippen LogP contribution < -0.4 is 0 Å². The molecule has 0 radical (unpaired) electrons. The Morgan fingerprint density at radius 3 is 1.86 bits per heavy atom. The molecule has 0 saturated heterocycles. The molecule has 0 saturated carbocycles. The van der Waals surface area contributed by atoms with Gasteiger partial charge in [-0.1, -0.05) is 24.3 Å². The van der Waals surface area contributed by atoms with Gasteiger partial charge in [-0.25, -0.2) is 0 Å². The van der Waals surface area contributed by atoms with Crippen molar-refractivity contribution >= 4 is 0 Å². The van der Waals surface area contributed by atoms with Crippen LogP contribution in [-0.2, 0) is 6.18 Å². The van der Waals surface area contributed by atoms with Crippen LogP contribution in [0.1, 0.15) is 5.56 Å². The third-order valence-corrected chi connectivity index (χ3v) is 4.15. The van der Waals surface area contributed by atoms with E-state index in [1.807, 2.05) is 12.1 Å². The van der Waals surface area contributed by atoms with E-state index in [0.717, 1.165) is 12.1 Å². The van der Waals surface area contributed by atoms with Crippen molar-refractivity contribution in [3.05, 3.63) is 84.7 Å². The third-order valence-electron chi connectivity index (χ3n) is 4.15. The highest BCUT2D eigenvalue weighted by molar-refractivity contribution is 5.81. The molecule has 0 aliphatic carbocycles. The van der Waals surface area contributed by atoms with E-state index in [4.69, 9.17) is 0 Å². The lowest BCUT2D eigenvalue weighted by Gasteiger charge is -2.11. The first-order valence-corrected chi connectivity index (χ1v) is 8.40. The second-order valence-corrected chi connectivity index (χ2v) is 6.00. The van der Waals surface area contributed by atoms with E-state index >= 15 is 0 Å². The first-order chi connectivity index (χ1) is 13.5. The monoisotopic (exact) mass is 378 g/mol. The van der Waals surface area contributed by atoms with Gasteiger partial charge < -0.3 is 0 Å². The van der Waals surface area contributed by atoms with Gasteiger partial charge in [0, 0.05) is 18.0 Å². The minimum Gasteiger partial charge on any atom is -0.255 e. The van der Waals surface area contributed by atoms with Gasteiger partial charge >= 0.3 is 6.18 Å². The lowest BCUT2D eigenvalue weighted by atomic mass is 9.99. The Bertz CT molecular complexity index is 1080. The van der Waals surface area contributed by atoms with Crippen LogP contribution in [0.15, 0.2) is 79.1 Å². The van der Waals surface area contributed by atoms with Crippen molar-refractivity contribution in [2.24, 2.45) is 0 Å². The summed E-state index contributed by atoms with van der Waals surface area (Å²) in [5.74, 6) is 0. The summed E-state index contributed by atoms with van der Waals surface area (Å²) in [6.07, 6.45) is -1.13. The molecular formula is C21H13F3N4. The van der Waals surface area contributed by atoms with Gasteiger partial charge in [-0.3, -0.25) is 9.97 Å². The molecule has 0 N–H and O–H groups in total. The van der Waals surface area contributed by atoms with Crippen molar-refractivity contribution in [3.8, 4) is 33.9 Å². The normalized spacial score (nSPS) is 11.4. The highest BCUT2D eigenvalue weighted by Crippen LogP contribution is 2.34. The number of rotatable bonds is 3. The molecule has 28 heavy (non-hydrogen) atoms. The molecule has 0 spiro atoms. The topological polar surface area (TPSA) is 51.6 Å². The third kappa shape index (κ3) is 3.59. The Kier molecular flexibility index (Phi) is 4.57. The van der Waals surface area contributed by atoms with Crippen molar-refractivity contribution in [2.75, 3.05) is 0 Å². The Morgan fingerprint density at radius 2 is 1.29 bits per heavy atom. The van der Waals surface area contributed by atoms with Gasteiger partial charge in [0.15, 0.2) is 0 Å². The molecule has 7 heteroatoms. The molecule has 0 aliphatic heterocycles. The van der Waals surface area contributed by atoms with Gasteiger partial charge in [0.25, 0.3) is 0 Å². The quantitative estimate of drug-likeness (QED) is 0.486. The fourth-order valence-corrected chi connectivity index (χ4v) is 2.78. The number of aromatic nitrogens is 4. The van der Waals surface area contributed by atoms with Crippen molar-refractivity contribution in [1.82, 2.24) is 20.2 Å². The minimum atomic E-state index is -4.39. The van der Waals surface area contributed by atoms with Crippen molar-refractivity contribution in [2.45, 2.75) is 6.18 Å². The maximum absolute atomic E-state index is 12.9. The Labute approximate surface area is 158 Å². The first-order valence-electron chi connectivity index (χ1n) is 8.40. The van der Waals surface area contributed by atoms with Crippen LogP contribution in [0.25, 0.3) is 33.9 Å². The fourth-order valence-electron chi connectivity index (χ4n) is 2.78. The average molecular weight is 378 g/mol. The van der Waals surface area contributed by atoms with Crippen molar-refractivity contribution < 1.29 is 13.2 Å². The molecule has 4 rings (SSSR count). The van der Waals surface area contributed by atoms with E-state index in [1.54, 1.807) is 42.7 Å². The van der Waals surface area contributed by atoms with Crippen molar-refractivity contribution in [3.63, 3.8) is 0 Å². The summed E-state index contributed by atoms with van der Waals surface area (Å²) < 4.78 is 38.7. The van der Waals surface area contributed by atoms with Crippen LogP contribution in [0, 0.1) is 0 Å². The molecule has 138 valence electrons. The Balaban J connectivity index is 1.87. The summed E-state index contributed by atoms with van der Waals surface area (Å²) in [7, 11) is 0. The summed E-state index contributed by atoms with van der Waals surface area (Å²) in [6.45, 7) is 0. The molecular weight excluding hydrogens is 365 g/mol. The zero-order valence-electron chi connectivity index (χ0n) is 14.4. The maximum Gasteiger partial charge on any atom is 0.416 e. The van der Waals surface area contributed by atoms with E-state index < -0.39 is 11.7 Å². The van der Waals surface area contributed by atoms with Gasteiger partial charge in [0.1, 0.15) is 11.4 Å². The Morgan fingerprint density at radius 1 is 0.643 bits per heavy atom. The number of benzene rings is 1. The van der Waals surface area contributed by atoms with Crippen LogP contribution >= 0.6 is 0 Å². The largest absolute Gasteiger partial charge is 0.416 e. The highest BCUT2D eigenvalue weighted by atomic mass is 19.4. The van der Waals surface area contributed by atoms with Gasteiger partial charge in [0.2, 0.25) is 0 Å². The second-order valence-electron chi connectivity index (χ2n) is 6.00. The molecule has 0 unspecified atom stereocenters. The fraction of sp³-hybridized carbons (Fsp3) is 0.0476. The van der Waals surface area contributed by atoms with E-state index in [9.17, 15) is 13.2 Å². The molecule has 3 heterocycles. The Hall–Kier alpha value is -3.61. The predicted molar refractivity (Wildman–Crippen MR) is 98.9 cm³/mol. The van der Waals surface area contributed by atoms with E-state index in [-0.39, 0.29) is 0 Å². The first kappa shape index (κ1) is 17.8. The predicted octanol–water partition coefficient (Wildman–Crippen LogP) is 5.29. The van der Waals surface area contributed by atoms with Crippen LogP contribution in [0.4, 0.5) is 13.2 Å². The number of alkyl halides is 3. The molecule has 4 aromatic rings. The van der Waals surface area contributed by atoms with Crippen LogP contribution in [-0.4, -0.2) is 20.2 Å². The van der Waals surface area contributed by atoms with Crippen LogP contribution in [0.5, 0.6) is 0 Å². The maximum atomic E-state index is 12.9. The molecule has 4 nitrogen and oxygen atoms in total. The highest BCUT2D eigenvalue weighted by Gasteiger charge is 2.30. The standard InChI is InChI=1S/C21H13F3N4/c22-21(23,24)15-9-7-14(8-10-15)16-13-19(17-5-1-3-11-25-17)27-28-20(16)18-6-2-4-12-26-18/h1-13H. The molecule has 1 aromatic carbocycles. The smallest absolute Gasteiger partial charge is 0.255 e. The summed E-state index contributed by atoms with van der Waals surface area (Å²) in [5, 5.41) is 8.53. The van der Waals surface area contributed by atoms with E-state index in [0.29, 0.717) is 33.9 Å². The minimum absolute atomic E-state index is 0.486. The summed E-state index contributed by atoms with van der Waals surface area (Å²) in [5.41, 5.74) is 2.72. The number of nitrogens with zero attached hydrogens (tertiary/aromatic N) is 4. The number of hydrogen-bond acceptors (Lipinski definition) is 4. The molecule has 0 amide bonds. The van der Waals surface area contributed by atoms with E-state index in [2.05, 4.69) is 20.2 Å². The summed E-state index contributed by atoms with van der Waals surface area (Å²) >= 11 is 0. The second kappa shape index (κ2) is 7.19. The number of hydrogen-bond donors (Lipinski definition) is 0. The van der Waals surface area contributed by atoms with Crippen LogP contribution in [0.3, 0.4) is 0 Å². The molecule has 0 aliphatic rings. The zero-order valence-corrected chi connectivity index (χ0v) is 14.4. The number of pyridine rings is 2. The SMILES string of the molecule is FC(F)(F)c1ccc(-c2cc(-c3ccccn3)nnc2-c2ccccn2)cc1. The van der Waals surface area contributed by atoms with Crippen molar-refractivity contribution in [1.29, 1.82) is 0 Å². The van der Waals surface area contributed by atoms with Crippen LogP contribution in [0.2, 0.25) is 0 Å². The van der Waals surface area contributed by atoms with Gasteiger partial charge in [0.05, 0.1) is 17.0 Å². The lowest BCUT2D eigenvalue weighted by molar-refractivity contribution is -0.137.